The molecule has 0 aliphatic heterocycles. The summed E-state index contributed by atoms with van der Waals surface area (Å²) in [7, 11) is 4.07. The molecule has 4 heteroatoms. The molecule has 0 atom stereocenters. The van der Waals surface area contributed by atoms with E-state index >= 15 is 0 Å². The van der Waals surface area contributed by atoms with E-state index in [2.05, 4.69) is 65.7 Å². The summed E-state index contributed by atoms with van der Waals surface area (Å²) < 4.78 is 3.23. The lowest BCUT2D eigenvalue weighted by atomic mass is 10.2. The minimum Gasteiger partial charge on any atom is -0.377 e. The molecule has 0 aromatic heterocycles. The van der Waals surface area contributed by atoms with Gasteiger partial charge in [-0.2, -0.15) is 0 Å². The first kappa shape index (κ1) is 11.5. The van der Waals surface area contributed by atoms with Crippen molar-refractivity contribution in [2.75, 3.05) is 19.0 Å². The average molecular weight is 372 g/mol. The third kappa shape index (κ3) is 2.28. The molecular formula is C9H10Br3N. The van der Waals surface area contributed by atoms with Crippen LogP contribution in [0.2, 0.25) is 0 Å². The van der Waals surface area contributed by atoms with E-state index in [1.165, 1.54) is 11.3 Å². The van der Waals surface area contributed by atoms with Gasteiger partial charge in [-0.05, 0) is 66.3 Å². The summed E-state index contributed by atoms with van der Waals surface area (Å²) in [4.78, 5) is 2.09. The first-order chi connectivity index (χ1) is 5.95. The molecule has 0 heterocycles. The Bertz CT molecular complexity index is 334. The van der Waals surface area contributed by atoms with E-state index in [-0.39, 0.29) is 0 Å². The molecule has 0 radical (unpaired) electrons. The molecule has 0 bridgehead atoms. The zero-order valence-corrected chi connectivity index (χ0v) is 12.4. The molecule has 1 aromatic rings. The van der Waals surface area contributed by atoms with Gasteiger partial charge in [0.2, 0.25) is 0 Å². The third-order valence-electron chi connectivity index (χ3n) is 1.86. The van der Waals surface area contributed by atoms with Crippen molar-refractivity contribution in [2.24, 2.45) is 0 Å². The number of nitrogens with zero attached hydrogens (tertiary/aromatic N) is 1. The van der Waals surface area contributed by atoms with Crippen LogP contribution in [0.15, 0.2) is 19.5 Å². The van der Waals surface area contributed by atoms with Crippen LogP contribution in [0.4, 0.5) is 5.69 Å². The molecule has 0 amide bonds. The number of rotatable bonds is 1. The van der Waals surface area contributed by atoms with E-state index in [0.29, 0.717) is 0 Å². The second-order valence-electron chi connectivity index (χ2n) is 3.02. The van der Waals surface area contributed by atoms with Crippen LogP contribution in [0.5, 0.6) is 0 Å². The van der Waals surface area contributed by atoms with Crippen molar-refractivity contribution in [3.63, 3.8) is 0 Å². The lowest BCUT2D eigenvalue weighted by Gasteiger charge is -2.18. The van der Waals surface area contributed by atoms with Crippen molar-refractivity contribution in [2.45, 2.75) is 6.92 Å². The molecule has 1 aromatic carbocycles. The molecule has 0 spiro atoms. The summed E-state index contributed by atoms with van der Waals surface area (Å²) in [6, 6.07) is 2.10. The van der Waals surface area contributed by atoms with Crippen LogP contribution >= 0.6 is 47.8 Å². The van der Waals surface area contributed by atoms with E-state index in [0.717, 1.165) is 13.4 Å². The summed E-state index contributed by atoms with van der Waals surface area (Å²) in [5.74, 6) is 0. The van der Waals surface area contributed by atoms with Gasteiger partial charge in [0.15, 0.2) is 0 Å². The van der Waals surface area contributed by atoms with Gasteiger partial charge < -0.3 is 4.90 Å². The van der Waals surface area contributed by atoms with Gasteiger partial charge in [-0.3, -0.25) is 0 Å². The van der Waals surface area contributed by atoms with Crippen LogP contribution in [0.1, 0.15) is 5.56 Å². The SMILES string of the molecule is Cc1c(N(C)C)cc(Br)c(Br)c1Br. The van der Waals surface area contributed by atoms with Gasteiger partial charge in [0.1, 0.15) is 0 Å². The Morgan fingerprint density at radius 2 is 1.62 bits per heavy atom. The van der Waals surface area contributed by atoms with Gasteiger partial charge in [0.05, 0.1) is 0 Å². The smallest absolute Gasteiger partial charge is 0.0463 e. The minimum absolute atomic E-state index is 1.06. The number of hydrogen-bond acceptors (Lipinski definition) is 1. The van der Waals surface area contributed by atoms with Crippen molar-refractivity contribution in [3.05, 3.63) is 25.0 Å². The number of halogens is 3. The predicted molar refractivity (Wildman–Crippen MR) is 68.6 cm³/mol. The van der Waals surface area contributed by atoms with Crippen molar-refractivity contribution >= 4 is 53.5 Å². The second kappa shape index (κ2) is 4.32. The Hall–Kier alpha value is 0.460. The van der Waals surface area contributed by atoms with Gasteiger partial charge >= 0.3 is 0 Å². The van der Waals surface area contributed by atoms with E-state index in [4.69, 9.17) is 0 Å². The van der Waals surface area contributed by atoms with E-state index < -0.39 is 0 Å². The van der Waals surface area contributed by atoms with Crippen molar-refractivity contribution < 1.29 is 0 Å². The maximum Gasteiger partial charge on any atom is 0.0463 e. The predicted octanol–water partition coefficient (Wildman–Crippen LogP) is 4.35. The highest BCUT2D eigenvalue weighted by molar-refractivity contribution is 9.14. The lowest BCUT2D eigenvalue weighted by Crippen LogP contribution is -2.10. The Morgan fingerprint density at radius 3 is 2.08 bits per heavy atom. The average Bonchev–Trinajstić information content (AvgIpc) is 2.07. The summed E-state index contributed by atoms with van der Waals surface area (Å²) in [6.07, 6.45) is 0. The maximum absolute atomic E-state index is 3.55. The molecule has 0 fully saturated rings. The molecule has 1 rings (SSSR count). The van der Waals surface area contributed by atoms with Crippen LogP contribution in [-0.2, 0) is 0 Å². The molecule has 72 valence electrons. The summed E-state index contributed by atoms with van der Waals surface area (Å²) in [5.41, 5.74) is 2.45. The highest BCUT2D eigenvalue weighted by Crippen LogP contribution is 2.38. The third-order valence-corrected chi connectivity index (χ3v) is 5.37. The summed E-state index contributed by atoms with van der Waals surface area (Å²) >= 11 is 10.5. The highest BCUT2D eigenvalue weighted by atomic mass is 79.9. The van der Waals surface area contributed by atoms with Crippen LogP contribution < -0.4 is 4.90 Å². The van der Waals surface area contributed by atoms with Crippen molar-refractivity contribution in [1.29, 1.82) is 0 Å². The van der Waals surface area contributed by atoms with E-state index in [9.17, 15) is 0 Å². The molecule has 0 aliphatic rings. The normalized spacial score (nSPS) is 10.3. The first-order valence-corrected chi connectivity index (χ1v) is 6.14. The van der Waals surface area contributed by atoms with Crippen LogP contribution in [0, 0.1) is 6.92 Å². The fourth-order valence-electron chi connectivity index (χ4n) is 1.14. The molecule has 0 unspecified atom stereocenters. The topological polar surface area (TPSA) is 3.24 Å². The van der Waals surface area contributed by atoms with Crippen LogP contribution in [-0.4, -0.2) is 14.1 Å². The maximum atomic E-state index is 3.55. The summed E-state index contributed by atoms with van der Waals surface area (Å²) in [6.45, 7) is 2.09. The Kier molecular flexibility index (Phi) is 3.83. The quantitative estimate of drug-likeness (QED) is 0.663. The zero-order chi connectivity index (χ0) is 10.2. The Labute approximate surface area is 104 Å². The number of hydrogen-bond donors (Lipinski definition) is 0. The standard InChI is InChI=1S/C9H10Br3N/c1-5-7(13(2)3)4-6(10)9(12)8(5)11/h4H,1-3H3. The van der Waals surface area contributed by atoms with Gasteiger partial charge in [0, 0.05) is 33.2 Å². The first-order valence-electron chi connectivity index (χ1n) is 3.76. The number of benzene rings is 1. The van der Waals surface area contributed by atoms with E-state index in [1.807, 2.05) is 14.1 Å². The molecule has 1 nitrogen and oxygen atoms in total. The van der Waals surface area contributed by atoms with Crippen molar-refractivity contribution in [3.8, 4) is 0 Å². The second-order valence-corrected chi connectivity index (χ2v) is 5.47. The van der Waals surface area contributed by atoms with E-state index in [1.54, 1.807) is 0 Å². The Morgan fingerprint density at radius 1 is 1.08 bits per heavy atom. The number of anilines is 1. The monoisotopic (exact) mass is 369 g/mol. The molecule has 0 saturated carbocycles. The molecule has 0 aliphatic carbocycles. The Balaban J connectivity index is 3.41. The van der Waals surface area contributed by atoms with Crippen molar-refractivity contribution in [1.82, 2.24) is 0 Å². The largest absolute Gasteiger partial charge is 0.377 e. The van der Waals surface area contributed by atoms with Crippen LogP contribution in [0.3, 0.4) is 0 Å². The highest BCUT2D eigenvalue weighted by Gasteiger charge is 2.10. The van der Waals surface area contributed by atoms with Gasteiger partial charge in [-0.25, -0.2) is 0 Å². The fourth-order valence-corrected chi connectivity index (χ4v) is 2.65. The summed E-state index contributed by atoms with van der Waals surface area (Å²) in [5, 5.41) is 0. The lowest BCUT2D eigenvalue weighted by molar-refractivity contribution is 1.11. The van der Waals surface area contributed by atoms with Gasteiger partial charge in [0.25, 0.3) is 0 Å². The van der Waals surface area contributed by atoms with Crippen LogP contribution in [0.25, 0.3) is 0 Å². The zero-order valence-electron chi connectivity index (χ0n) is 7.66. The fraction of sp³-hybridized carbons (Fsp3) is 0.333. The molecule has 0 N–H and O–H groups in total. The van der Waals surface area contributed by atoms with Gasteiger partial charge in [-0.15, -0.1) is 0 Å². The molecule has 0 saturated heterocycles. The van der Waals surface area contributed by atoms with Gasteiger partial charge in [-0.1, -0.05) is 0 Å². The minimum atomic E-state index is 1.06. The molecule has 13 heavy (non-hydrogen) atoms. The molecular weight excluding hydrogens is 362 g/mol.